The van der Waals surface area contributed by atoms with Crippen molar-refractivity contribution in [3.05, 3.63) is 33.8 Å². The van der Waals surface area contributed by atoms with Crippen LogP contribution >= 0.6 is 15.9 Å². The summed E-state index contributed by atoms with van der Waals surface area (Å²) < 4.78 is 5.86. The van der Waals surface area contributed by atoms with Crippen LogP contribution in [-0.4, -0.2) is 89.3 Å². The van der Waals surface area contributed by atoms with E-state index < -0.39 is 11.7 Å². The van der Waals surface area contributed by atoms with Gasteiger partial charge in [-0.05, 0) is 51.8 Å². The van der Waals surface area contributed by atoms with Gasteiger partial charge in [0.1, 0.15) is 12.1 Å². The molecular formula is C24H31BrN4O6. The van der Waals surface area contributed by atoms with Crippen molar-refractivity contribution < 1.29 is 28.7 Å². The Balaban J connectivity index is 1.42. The Labute approximate surface area is 213 Å². The number of benzene rings is 1. The van der Waals surface area contributed by atoms with Crippen molar-refractivity contribution in [1.82, 2.24) is 20.0 Å². The molecule has 1 N–H and O–H groups in total. The first kappa shape index (κ1) is 26.7. The highest BCUT2D eigenvalue weighted by molar-refractivity contribution is 9.10. The highest BCUT2D eigenvalue weighted by Crippen LogP contribution is 2.26. The minimum atomic E-state index is -0.650. The highest BCUT2D eigenvalue weighted by atomic mass is 79.9. The second-order valence-electron chi connectivity index (χ2n) is 9.53. The second-order valence-corrected chi connectivity index (χ2v) is 10.4. The molecule has 1 aromatic rings. The van der Waals surface area contributed by atoms with Gasteiger partial charge in [-0.25, -0.2) is 4.79 Å². The van der Waals surface area contributed by atoms with E-state index in [-0.39, 0.29) is 43.1 Å². The molecule has 11 heteroatoms. The third kappa shape index (κ3) is 7.03. The van der Waals surface area contributed by atoms with Crippen molar-refractivity contribution >= 4 is 45.7 Å². The van der Waals surface area contributed by atoms with Crippen molar-refractivity contribution in [2.24, 2.45) is 0 Å². The third-order valence-electron chi connectivity index (χ3n) is 5.69. The monoisotopic (exact) mass is 550 g/mol. The summed E-state index contributed by atoms with van der Waals surface area (Å²) in [5.41, 5.74) is 0.102. The topological polar surface area (TPSA) is 116 Å². The van der Waals surface area contributed by atoms with Gasteiger partial charge in [-0.2, -0.15) is 0 Å². The van der Waals surface area contributed by atoms with Crippen LogP contribution in [0.1, 0.15) is 60.7 Å². The molecule has 0 spiro atoms. The lowest BCUT2D eigenvalue weighted by Crippen LogP contribution is -2.43. The van der Waals surface area contributed by atoms with E-state index in [1.165, 1.54) is 4.90 Å². The Bertz CT molecular complexity index is 1020. The van der Waals surface area contributed by atoms with Crippen molar-refractivity contribution in [3.8, 4) is 0 Å². The fourth-order valence-corrected chi connectivity index (χ4v) is 4.36. The first-order chi connectivity index (χ1) is 16.5. The normalized spacial score (nSPS) is 16.2. The van der Waals surface area contributed by atoms with Gasteiger partial charge < -0.3 is 19.9 Å². The minimum Gasteiger partial charge on any atom is -0.444 e. The van der Waals surface area contributed by atoms with Gasteiger partial charge in [-0.1, -0.05) is 15.9 Å². The van der Waals surface area contributed by atoms with E-state index >= 15 is 0 Å². The van der Waals surface area contributed by atoms with Gasteiger partial charge in [0.25, 0.3) is 11.8 Å². The maximum absolute atomic E-state index is 12.7. The van der Waals surface area contributed by atoms with E-state index in [0.717, 1.165) is 4.47 Å². The maximum atomic E-state index is 12.7. The SMILES string of the molecule is CC(C)(C)OC(=O)NCC(=O)N1CCCN(C(=O)CCCN2C(=O)c3ccc(Br)cc3C2=O)CC1. The summed E-state index contributed by atoms with van der Waals surface area (Å²) in [6, 6.07) is 4.98. The maximum Gasteiger partial charge on any atom is 0.408 e. The molecular weight excluding hydrogens is 520 g/mol. The third-order valence-corrected chi connectivity index (χ3v) is 6.18. The number of hydrogen-bond donors (Lipinski definition) is 1. The number of halogens is 1. The van der Waals surface area contributed by atoms with Crippen LogP contribution in [0, 0.1) is 0 Å². The lowest BCUT2D eigenvalue weighted by Gasteiger charge is -2.23. The zero-order chi connectivity index (χ0) is 25.8. The summed E-state index contributed by atoms with van der Waals surface area (Å²) in [6.45, 7) is 7.00. The summed E-state index contributed by atoms with van der Waals surface area (Å²) in [5.74, 6) is -0.996. The molecule has 2 aliphatic rings. The van der Waals surface area contributed by atoms with Gasteiger partial charge in [0.2, 0.25) is 11.8 Å². The number of nitrogens with one attached hydrogen (secondary N) is 1. The molecule has 0 saturated carbocycles. The average Bonchev–Trinajstić information content (AvgIpc) is 2.94. The molecule has 0 aromatic heterocycles. The number of imide groups is 1. The molecule has 2 heterocycles. The van der Waals surface area contributed by atoms with Gasteiger partial charge in [0, 0.05) is 43.6 Å². The number of carbonyl (C=O) groups is 5. The zero-order valence-corrected chi connectivity index (χ0v) is 21.9. The van der Waals surface area contributed by atoms with E-state index in [1.807, 2.05) is 0 Å². The number of rotatable bonds is 6. The molecule has 0 radical (unpaired) electrons. The fourth-order valence-electron chi connectivity index (χ4n) is 4.00. The number of fused-ring (bicyclic) bond motifs is 1. The van der Waals surface area contributed by atoms with E-state index in [4.69, 9.17) is 4.74 Å². The molecule has 3 rings (SSSR count). The van der Waals surface area contributed by atoms with Crippen LogP contribution in [0.4, 0.5) is 4.79 Å². The molecule has 0 unspecified atom stereocenters. The Kier molecular flexibility index (Phi) is 8.52. The summed E-state index contributed by atoms with van der Waals surface area (Å²) in [7, 11) is 0. The van der Waals surface area contributed by atoms with Gasteiger partial charge in [0.15, 0.2) is 0 Å². The fraction of sp³-hybridized carbons (Fsp3) is 0.542. The summed E-state index contributed by atoms with van der Waals surface area (Å²) in [5, 5.41) is 2.47. The molecule has 0 bridgehead atoms. The highest BCUT2D eigenvalue weighted by Gasteiger charge is 2.35. The van der Waals surface area contributed by atoms with E-state index in [1.54, 1.807) is 48.8 Å². The number of hydrogen-bond acceptors (Lipinski definition) is 6. The zero-order valence-electron chi connectivity index (χ0n) is 20.3. The molecule has 1 saturated heterocycles. The average molecular weight is 551 g/mol. The molecule has 2 aliphatic heterocycles. The van der Waals surface area contributed by atoms with Crippen LogP contribution in [0.5, 0.6) is 0 Å². The van der Waals surface area contributed by atoms with Crippen LogP contribution in [0.3, 0.4) is 0 Å². The smallest absolute Gasteiger partial charge is 0.408 e. The lowest BCUT2D eigenvalue weighted by molar-refractivity contribution is -0.133. The Morgan fingerprint density at radius 2 is 1.60 bits per heavy atom. The Morgan fingerprint density at radius 3 is 2.26 bits per heavy atom. The number of alkyl carbamates (subject to hydrolysis) is 1. The van der Waals surface area contributed by atoms with E-state index in [9.17, 15) is 24.0 Å². The molecule has 10 nitrogen and oxygen atoms in total. The number of nitrogens with zero attached hydrogens (tertiary/aromatic N) is 3. The minimum absolute atomic E-state index is 0.0782. The van der Waals surface area contributed by atoms with Crippen LogP contribution in [-0.2, 0) is 14.3 Å². The molecule has 1 aromatic carbocycles. The first-order valence-electron chi connectivity index (χ1n) is 11.6. The van der Waals surface area contributed by atoms with Crippen molar-refractivity contribution in [2.45, 2.75) is 45.6 Å². The number of carbonyl (C=O) groups excluding carboxylic acids is 5. The van der Waals surface area contributed by atoms with Crippen LogP contribution in [0.2, 0.25) is 0 Å². The molecule has 35 heavy (non-hydrogen) atoms. The molecule has 0 atom stereocenters. The largest absolute Gasteiger partial charge is 0.444 e. The van der Waals surface area contributed by atoms with Crippen LogP contribution in [0.15, 0.2) is 22.7 Å². The summed E-state index contributed by atoms with van der Waals surface area (Å²) >= 11 is 3.31. The van der Waals surface area contributed by atoms with Crippen molar-refractivity contribution in [2.75, 3.05) is 39.3 Å². The van der Waals surface area contributed by atoms with Gasteiger partial charge in [0.05, 0.1) is 11.1 Å². The van der Waals surface area contributed by atoms with Crippen molar-refractivity contribution in [3.63, 3.8) is 0 Å². The molecule has 5 amide bonds. The second kappa shape index (κ2) is 11.2. The summed E-state index contributed by atoms with van der Waals surface area (Å²) in [6.07, 6.45) is 0.538. The molecule has 190 valence electrons. The predicted octanol–water partition coefficient (Wildman–Crippen LogP) is 2.41. The lowest BCUT2D eigenvalue weighted by atomic mass is 10.1. The van der Waals surface area contributed by atoms with Gasteiger partial charge >= 0.3 is 6.09 Å². The van der Waals surface area contributed by atoms with E-state index in [2.05, 4.69) is 21.2 Å². The Morgan fingerprint density at radius 1 is 0.971 bits per heavy atom. The quantitative estimate of drug-likeness (QED) is 0.543. The van der Waals surface area contributed by atoms with Gasteiger partial charge in [-0.15, -0.1) is 0 Å². The number of ether oxygens (including phenoxy) is 1. The predicted molar refractivity (Wildman–Crippen MR) is 131 cm³/mol. The molecule has 0 aliphatic carbocycles. The van der Waals surface area contributed by atoms with Crippen LogP contribution in [0.25, 0.3) is 0 Å². The summed E-state index contributed by atoms with van der Waals surface area (Å²) in [4.78, 5) is 66.6. The van der Waals surface area contributed by atoms with Crippen molar-refractivity contribution in [1.29, 1.82) is 0 Å². The molecule has 1 fully saturated rings. The van der Waals surface area contributed by atoms with Crippen LogP contribution < -0.4 is 5.32 Å². The van der Waals surface area contributed by atoms with E-state index in [0.29, 0.717) is 50.1 Å². The Hall–Kier alpha value is -2.95. The number of amides is 5. The van der Waals surface area contributed by atoms with Gasteiger partial charge in [-0.3, -0.25) is 24.1 Å². The standard InChI is InChI=1S/C24H31BrN4O6/c1-24(2,3)35-23(34)26-15-20(31)28-10-5-9-27(12-13-28)19(30)6-4-11-29-21(32)17-8-7-16(25)14-18(17)22(29)33/h7-8,14H,4-6,9-13,15H2,1-3H3,(H,26,34). The first-order valence-corrected chi connectivity index (χ1v) is 12.4.